The van der Waals surface area contributed by atoms with E-state index in [0.717, 1.165) is 0 Å². The zero-order chi connectivity index (χ0) is 14.6. The molecule has 106 valence electrons. The van der Waals surface area contributed by atoms with Crippen molar-refractivity contribution in [3.63, 3.8) is 0 Å². The second kappa shape index (κ2) is 5.86. The van der Waals surface area contributed by atoms with E-state index < -0.39 is 12.0 Å². The highest BCUT2D eigenvalue weighted by Crippen LogP contribution is 2.22. The van der Waals surface area contributed by atoms with Crippen LogP contribution in [0.5, 0.6) is 0 Å². The van der Waals surface area contributed by atoms with Crippen LogP contribution in [0.3, 0.4) is 0 Å². The van der Waals surface area contributed by atoms with E-state index in [1.807, 2.05) is 20.8 Å². The molecule has 6 nitrogen and oxygen atoms in total. The largest absolute Gasteiger partial charge is 0.481 e. The maximum atomic E-state index is 12.0. The first-order valence-corrected chi connectivity index (χ1v) is 6.18. The van der Waals surface area contributed by atoms with Crippen LogP contribution in [0.25, 0.3) is 0 Å². The van der Waals surface area contributed by atoms with Crippen LogP contribution in [0, 0.1) is 5.41 Å². The van der Waals surface area contributed by atoms with Gasteiger partial charge in [0.2, 0.25) is 0 Å². The van der Waals surface area contributed by atoms with Gasteiger partial charge in [-0.2, -0.15) is 0 Å². The summed E-state index contributed by atoms with van der Waals surface area (Å²) in [7, 11) is 1.77. The Balaban J connectivity index is 2.71. The monoisotopic (exact) mass is 267 g/mol. The molecule has 2 N–H and O–H groups in total. The molecule has 0 spiro atoms. The summed E-state index contributed by atoms with van der Waals surface area (Å²) in [5.41, 5.74) is 0.240. The van der Waals surface area contributed by atoms with E-state index in [-0.39, 0.29) is 17.7 Å². The number of aromatic nitrogens is 2. The molecule has 19 heavy (non-hydrogen) atoms. The first-order chi connectivity index (χ1) is 8.67. The maximum Gasteiger partial charge on any atom is 0.305 e. The van der Waals surface area contributed by atoms with E-state index in [2.05, 4.69) is 10.3 Å². The van der Waals surface area contributed by atoms with Crippen molar-refractivity contribution >= 4 is 11.9 Å². The molecular weight excluding hydrogens is 246 g/mol. The van der Waals surface area contributed by atoms with Crippen molar-refractivity contribution in [2.24, 2.45) is 12.5 Å². The first kappa shape index (κ1) is 15.2. The van der Waals surface area contributed by atoms with Crippen LogP contribution >= 0.6 is 0 Å². The Labute approximate surface area is 112 Å². The highest BCUT2D eigenvalue weighted by molar-refractivity contribution is 5.92. The van der Waals surface area contributed by atoms with E-state index in [1.54, 1.807) is 17.8 Å². The third kappa shape index (κ3) is 5.54. The van der Waals surface area contributed by atoms with Crippen molar-refractivity contribution in [2.45, 2.75) is 39.7 Å². The lowest BCUT2D eigenvalue weighted by molar-refractivity contribution is -0.137. The maximum absolute atomic E-state index is 12.0. The van der Waals surface area contributed by atoms with Crippen LogP contribution < -0.4 is 5.32 Å². The van der Waals surface area contributed by atoms with Gasteiger partial charge in [0.05, 0.1) is 12.7 Å². The fraction of sp³-hybridized carbons (Fsp3) is 0.615. The third-order valence-corrected chi connectivity index (χ3v) is 2.55. The smallest absolute Gasteiger partial charge is 0.305 e. The molecule has 0 fully saturated rings. The van der Waals surface area contributed by atoms with Gasteiger partial charge in [-0.1, -0.05) is 20.8 Å². The standard InChI is InChI=1S/C13H21N3O3/c1-13(2,3)6-9(5-11(17)18)15-12(19)10-7-16(4)8-14-10/h7-9H,5-6H2,1-4H3,(H,15,19)(H,17,18). The van der Waals surface area contributed by atoms with Crippen molar-refractivity contribution in [3.05, 3.63) is 18.2 Å². The Kier molecular flexibility index (Phi) is 4.69. The van der Waals surface area contributed by atoms with Crippen LogP contribution in [0.2, 0.25) is 0 Å². The number of carbonyl (C=O) groups excluding carboxylic acids is 1. The number of carboxylic acid groups (broad SMARTS) is 1. The van der Waals surface area contributed by atoms with Crippen LogP contribution in [0.15, 0.2) is 12.5 Å². The molecule has 0 aromatic carbocycles. The van der Waals surface area contributed by atoms with Crippen LogP contribution in [-0.2, 0) is 11.8 Å². The van der Waals surface area contributed by atoms with Gasteiger partial charge < -0.3 is 15.0 Å². The third-order valence-electron chi connectivity index (χ3n) is 2.55. The number of hydrogen-bond acceptors (Lipinski definition) is 3. The number of rotatable bonds is 5. The number of aliphatic carboxylic acids is 1. The number of carboxylic acids is 1. The molecule has 0 aliphatic heterocycles. The summed E-state index contributed by atoms with van der Waals surface area (Å²) in [5.74, 6) is -1.26. The molecule has 0 saturated carbocycles. The van der Waals surface area contributed by atoms with Crippen molar-refractivity contribution in [3.8, 4) is 0 Å². The topological polar surface area (TPSA) is 84.2 Å². The van der Waals surface area contributed by atoms with Gasteiger partial charge in [0, 0.05) is 19.3 Å². The van der Waals surface area contributed by atoms with Gasteiger partial charge in [-0.25, -0.2) is 4.98 Å². The summed E-state index contributed by atoms with van der Waals surface area (Å²) in [6, 6.07) is -0.396. The molecule has 1 aromatic heterocycles. The van der Waals surface area contributed by atoms with E-state index in [9.17, 15) is 9.59 Å². The number of nitrogens with zero attached hydrogens (tertiary/aromatic N) is 2. The molecule has 1 amide bonds. The predicted octanol–water partition coefficient (Wildman–Crippen LogP) is 1.43. The molecule has 1 unspecified atom stereocenters. The number of imidazole rings is 1. The van der Waals surface area contributed by atoms with E-state index in [4.69, 9.17) is 5.11 Å². The molecule has 1 aromatic rings. The predicted molar refractivity (Wildman–Crippen MR) is 70.8 cm³/mol. The number of nitrogens with one attached hydrogen (secondary N) is 1. The normalized spacial score (nSPS) is 13.1. The Morgan fingerprint density at radius 3 is 2.53 bits per heavy atom. The summed E-state index contributed by atoms with van der Waals surface area (Å²) in [4.78, 5) is 26.8. The SMILES string of the molecule is Cn1cnc(C(=O)NC(CC(=O)O)CC(C)(C)C)c1. The molecule has 0 bridgehead atoms. The highest BCUT2D eigenvalue weighted by Gasteiger charge is 2.23. The molecular formula is C13H21N3O3. The van der Waals surface area contributed by atoms with Gasteiger partial charge in [-0.05, 0) is 11.8 Å². The van der Waals surface area contributed by atoms with Gasteiger partial charge in [0.25, 0.3) is 5.91 Å². The van der Waals surface area contributed by atoms with Gasteiger partial charge in [-0.3, -0.25) is 9.59 Å². The van der Waals surface area contributed by atoms with Gasteiger partial charge in [0.15, 0.2) is 0 Å². The van der Waals surface area contributed by atoms with Crippen LogP contribution in [0.4, 0.5) is 0 Å². The Morgan fingerprint density at radius 2 is 2.11 bits per heavy atom. The number of aryl methyl sites for hydroxylation is 1. The second-order valence-corrected chi connectivity index (χ2v) is 5.96. The summed E-state index contributed by atoms with van der Waals surface area (Å²) >= 11 is 0. The summed E-state index contributed by atoms with van der Waals surface area (Å²) in [5, 5.41) is 11.6. The molecule has 1 heterocycles. The number of hydrogen-bond donors (Lipinski definition) is 2. The minimum Gasteiger partial charge on any atom is -0.481 e. The zero-order valence-electron chi connectivity index (χ0n) is 11.8. The zero-order valence-corrected chi connectivity index (χ0v) is 11.8. The first-order valence-electron chi connectivity index (χ1n) is 6.18. The molecule has 0 saturated heterocycles. The van der Waals surface area contributed by atoms with Gasteiger partial charge >= 0.3 is 5.97 Å². The molecule has 1 atom stereocenters. The fourth-order valence-corrected chi connectivity index (χ4v) is 1.91. The molecule has 0 radical (unpaired) electrons. The minimum atomic E-state index is -0.921. The van der Waals surface area contributed by atoms with Crippen molar-refractivity contribution < 1.29 is 14.7 Å². The van der Waals surface area contributed by atoms with E-state index >= 15 is 0 Å². The van der Waals surface area contributed by atoms with E-state index in [0.29, 0.717) is 12.1 Å². The van der Waals surface area contributed by atoms with Gasteiger partial charge in [-0.15, -0.1) is 0 Å². The average molecular weight is 267 g/mol. The Morgan fingerprint density at radius 1 is 1.47 bits per heavy atom. The van der Waals surface area contributed by atoms with Crippen LogP contribution in [-0.4, -0.2) is 32.6 Å². The van der Waals surface area contributed by atoms with Crippen molar-refractivity contribution in [1.29, 1.82) is 0 Å². The quantitative estimate of drug-likeness (QED) is 0.845. The summed E-state index contributed by atoms with van der Waals surface area (Å²) in [6.07, 6.45) is 3.64. The molecule has 6 heteroatoms. The van der Waals surface area contributed by atoms with E-state index in [1.165, 1.54) is 6.33 Å². The lowest BCUT2D eigenvalue weighted by atomic mass is 9.87. The summed E-state index contributed by atoms with van der Waals surface area (Å²) < 4.78 is 1.67. The van der Waals surface area contributed by atoms with Crippen molar-refractivity contribution in [1.82, 2.24) is 14.9 Å². The lowest BCUT2D eigenvalue weighted by Gasteiger charge is -2.25. The summed E-state index contributed by atoms with van der Waals surface area (Å²) in [6.45, 7) is 6.03. The fourth-order valence-electron chi connectivity index (χ4n) is 1.91. The van der Waals surface area contributed by atoms with Crippen LogP contribution in [0.1, 0.15) is 44.1 Å². The number of amides is 1. The molecule has 1 rings (SSSR count). The molecule has 0 aliphatic rings. The average Bonchev–Trinajstić information content (AvgIpc) is 2.60. The lowest BCUT2D eigenvalue weighted by Crippen LogP contribution is -2.39. The van der Waals surface area contributed by atoms with Gasteiger partial charge in [0.1, 0.15) is 5.69 Å². The Hall–Kier alpha value is -1.85. The molecule has 0 aliphatic carbocycles. The Bertz CT molecular complexity index is 460. The second-order valence-electron chi connectivity index (χ2n) is 5.96. The minimum absolute atomic E-state index is 0.0580. The highest BCUT2D eigenvalue weighted by atomic mass is 16.4. The number of carbonyl (C=O) groups is 2. The van der Waals surface area contributed by atoms with Crippen molar-refractivity contribution in [2.75, 3.05) is 0 Å².